The number of ketones is 1. The molecule has 0 fully saturated rings. The van der Waals surface area contributed by atoms with Crippen LogP contribution in [0, 0.1) is 5.82 Å². The molecule has 0 unspecified atom stereocenters. The summed E-state index contributed by atoms with van der Waals surface area (Å²) in [5.41, 5.74) is 0.693. The van der Waals surface area contributed by atoms with Crippen molar-refractivity contribution in [1.82, 2.24) is 0 Å². The highest BCUT2D eigenvalue weighted by atomic mass is 19.1. The quantitative estimate of drug-likeness (QED) is 0.718. The van der Waals surface area contributed by atoms with Crippen molar-refractivity contribution >= 4 is 11.5 Å². The lowest BCUT2D eigenvalue weighted by molar-refractivity contribution is 0.101. The predicted octanol–water partition coefficient (Wildman–Crippen LogP) is 1.43. The second kappa shape index (κ2) is 4.72. The van der Waals surface area contributed by atoms with Gasteiger partial charge >= 0.3 is 0 Å². The fourth-order valence-corrected chi connectivity index (χ4v) is 1.07. The molecule has 0 saturated heterocycles. The molecular formula is C10H12FNO2. The maximum atomic E-state index is 13.1. The average Bonchev–Trinajstić information content (AvgIpc) is 2.16. The number of aliphatic hydroxyl groups excluding tert-OH is 1. The molecule has 0 radical (unpaired) electrons. The number of benzene rings is 1. The van der Waals surface area contributed by atoms with Crippen LogP contribution < -0.4 is 5.32 Å². The summed E-state index contributed by atoms with van der Waals surface area (Å²) < 4.78 is 13.1. The van der Waals surface area contributed by atoms with Crippen LogP contribution in [0.15, 0.2) is 18.2 Å². The predicted molar refractivity (Wildman–Crippen MR) is 52.0 cm³/mol. The zero-order valence-corrected chi connectivity index (χ0v) is 7.88. The molecule has 14 heavy (non-hydrogen) atoms. The van der Waals surface area contributed by atoms with E-state index in [1.165, 1.54) is 25.1 Å². The number of carbonyl (C=O) groups is 1. The Morgan fingerprint density at radius 2 is 2.29 bits per heavy atom. The molecule has 1 rings (SSSR count). The zero-order chi connectivity index (χ0) is 10.6. The van der Waals surface area contributed by atoms with Crippen molar-refractivity contribution in [3.05, 3.63) is 29.6 Å². The van der Waals surface area contributed by atoms with Gasteiger partial charge < -0.3 is 10.4 Å². The molecule has 0 aromatic heterocycles. The zero-order valence-electron chi connectivity index (χ0n) is 7.88. The van der Waals surface area contributed by atoms with Gasteiger partial charge in [0.1, 0.15) is 5.82 Å². The van der Waals surface area contributed by atoms with Crippen molar-refractivity contribution in [2.24, 2.45) is 0 Å². The average molecular weight is 197 g/mol. The van der Waals surface area contributed by atoms with Crippen molar-refractivity contribution in [3.8, 4) is 0 Å². The molecular weight excluding hydrogens is 185 g/mol. The third-order valence-electron chi connectivity index (χ3n) is 1.80. The molecule has 0 atom stereocenters. The Kier molecular flexibility index (Phi) is 3.59. The summed E-state index contributed by atoms with van der Waals surface area (Å²) in [6.45, 7) is 1.60. The molecule has 2 N–H and O–H groups in total. The molecule has 1 aromatic carbocycles. The van der Waals surface area contributed by atoms with Crippen LogP contribution in [0.25, 0.3) is 0 Å². The number of anilines is 1. The van der Waals surface area contributed by atoms with Gasteiger partial charge in [-0.1, -0.05) is 0 Å². The van der Waals surface area contributed by atoms with Gasteiger partial charge in [0.15, 0.2) is 5.78 Å². The molecule has 0 aliphatic heterocycles. The molecule has 3 nitrogen and oxygen atoms in total. The first kappa shape index (κ1) is 10.7. The number of carbonyl (C=O) groups excluding carboxylic acids is 1. The molecule has 0 bridgehead atoms. The number of hydrogen-bond donors (Lipinski definition) is 2. The van der Waals surface area contributed by atoms with Gasteiger partial charge in [-0.25, -0.2) is 4.39 Å². The van der Waals surface area contributed by atoms with Crippen LogP contribution in [0.3, 0.4) is 0 Å². The van der Waals surface area contributed by atoms with Gasteiger partial charge in [-0.2, -0.15) is 0 Å². The van der Waals surface area contributed by atoms with Gasteiger partial charge in [0.25, 0.3) is 0 Å². The minimum atomic E-state index is -0.427. The fourth-order valence-electron chi connectivity index (χ4n) is 1.07. The van der Waals surface area contributed by atoms with E-state index in [4.69, 9.17) is 5.11 Å². The largest absolute Gasteiger partial charge is 0.395 e. The fraction of sp³-hybridized carbons (Fsp3) is 0.300. The molecule has 0 heterocycles. The van der Waals surface area contributed by atoms with Crippen molar-refractivity contribution < 1.29 is 14.3 Å². The summed E-state index contributed by atoms with van der Waals surface area (Å²) in [6.07, 6.45) is 0. The Morgan fingerprint density at radius 1 is 1.57 bits per heavy atom. The number of rotatable bonds is 4. The van der Waals surface area contributed by atoms with E-state index < -0.39 is 5.82 Å². The van der Waals surface area contributed by atoms with Crippen molar-refractivity contribution in [3.63, 3.8) is 0 Å². The second-order valence-electron chi connectivity index (χ2n) is 2.90. The molecule has 0 saturated carbocycles. The first-order valence-corrected chi connectivity index (χ1v) is 4.30. The van der Waals surface area contributed by atoms with Crippen LogP contribution in [0.2, 0.25) is 0 Å². The third-order valence-corrected chi connectivity index (χ3v) is 1.80. The van der Waals surface area contributed by atoms with E-state index in [0.717, 1.165) is 0 Å². The summed E-state index contributed by atoms with van der Waals surface area (Å²) in [5.74, 6) is -0.541. The Balaban J connectivity index is 2.90. The van der Waals surface area contributed by atoms with E-state index in [9.17, 15) is 9.18 Å². The number of halogens is 1. The van der Waals surface area contributed by atoms with Crippen LogP contribution in [0.5, 0.6) is 0 Å². The summed E-state index contributed by atoms with van der Waals surface area (Å²) in [5, 5.41) is 11.2. The third kappa shape index (κ3) is 2.53. The monoisotopic (exact) mass is 197 g/mol. The summed E-state index contributed by atoms with van der Waals surface area (Å²) >= 11 is 0. The topological polar surface area (TPSA) is 49.3 Å². The van der Waals surface area contributed by atoms with Crippen molar-refractivity contribution in [2.75, 3.05) is 18.5 Å². The van der Waals surface area contributed by atoms with Gasteiger partial charge in [0.05, 0.1) is 12.3 Å². The van der Waals surface area contributed by atoms with E-state index >= 15 is 0 Å². The number of nitrogens with one attached hydrogen (secondary N) is 1. The molecule has 76 valence electrons. The van der Waals surface area contributed by atoms with Crippen LogP contribution in [0.1, 0.15) is 17.3 Å². The summed E-state index contributed by atoms with van der Waals surface area (Å²) in [6, 6.07) is 4.10. The van der Waals surface area contributed by atoms with E-state index in [1.807, 2.05) is 0 Å². The summed E-state index contributed by atoms with van der Waals surface area (Å²) in [7, 11) is 0. The molecule has 0 aliphatic rings. The Labute approximate surface area is 81.6 Å². The Bertz CT molecular complexity index is 339. The minimum absolute atomic E-state index is 0.0796. The Hall–Kier alpha value is -1.42. The lowest BCUT2D eigenvalue weighted by Gasteiger charge is -2.06. The molecule has 0 amide bonds. The van der Waals surface area contributed by atoms with Gasteiger partial charge in [0.2, 0.25) is 0 Å². The minimum Gasteiger partial charge on any atom is -0.395 e. The second-order valence-corrected chi connectivity index (χ2v) is 2.90. The van der Waals surface area contributed by atoms with Gasteiger partial charge in [-0.15, -0.1) is 0 Å². The molecule has 1 aromatic rings. The molecule has 0 aliphatic carbocycles. The SMILES string of the molecule is CC(=O)c1ccc(F)c(NCCO)c1. The van der Waals surface area contributed by atoms with Crippen molar-refractivity contribution in [1.29, 1.82) is 0 Å². The normalized spacial score (nSPS) is 9.93. The first-order valence-electron chi connectivity index (χ1n) is 4.30. The van der Waals surface area contributed by atoms with Gasteiger partial charge in [-0.05, 0) is 25.1 Å². The maximum absolute atomic E-state index is 13.1. The smallest absolute Gasteiger partial charge is 0.159 e. The summed E-state index contributed by atoms with van der Waals surface area (Å²) in [4.78, 5) is 11.0. The van der Waals surface area contributed by atoms with E-state index in [-0.39, 0.29) is 24.6 Å². The first-order chi connectivity index (χ1) is 6.65. The number of Topliss-reactive ketones (excluding diaryl/α,β-unsaturated/α-hetero) is 1. The van der Waals surface area contributed by atoms with Gasteiger partial charge in [-0.3, -0.25) is 4.79 Å². The highest BCUT2D eigenvalue weighted by Crippen LogP contribution is 2.16. The maximum Gasteiger partial charge on any atom is 0.159 e. The Morgan fingerprint density at radius 3 is 2.86 bits per heavy atom. The molecule has 0 spiro atoms. The lowest BCUT2D eigenvalue weighted by Crippen LogP contribution is -2.07. The molecule has 4 heteroatoms. The number of aliphatic hydroxyl groups is 1. The van der Waals surface area contributed by atoms with Gasteiger partial charge in [0, 0.05) is 12.1 Å². The van der Waals surface area contributed by atoms with Crippen molar-refractivity contribution in [2.45, 2.75) is 6.92 Å². The lowest BCUT2D eigenvalue weighted by atomic mass is 10.1. The number of hydrogen-bond acceptors (Lipinski definition) is 3. The van der Waals surface area contributed by atoms with Crippen LogP contribution in [0.4, 0.5) is 10.1 Å². The van der Waals surface area contributed by atoms with E-state index in [2.05, 4.69) is 5.32 Å². The van der Waals surface area contributed by atoms with E-state index in [1.54, 1.807) is 0 Å². The highest BCUT2D eigenvalue weighted by molar-refractivity contribution is 5.94. The van der Waals surface area contributed by atoms with Crippen LogP contribution in [-0.2, 0) is 0 Å². The van der Waals surface area contributed by atoms with Crippen LogP contribution >= 0.6 is 0 Å². The standard InChI is InChI=1S/C10H12FNO2/c1-7(14)8-2-3-9(11)10(6-8)12-4-5-13/h2-3,6,12-13H,4-5H2,1H3. The highest BCUT2D eigenvalue weighted by Gasteiger charge is 2.05. The van der Waals surface area contributed by atoms with Crippen LogP contribution in [-0.4, -0.2) is 24.0 Å². The van der Waals surface area contributed by atoms with E-state index in [0.29, 0.717) is 5.56 Å².